The second-order valence-corrected chi connectivity index (χ2v) is 4.50. The van der Waals surface area contributed by atoms with Crippen molar-refractivity contribution in [3.63, 3.8) is 0 Å². The molecule has 0 aliphatic heterocycles. The van der Waals surface area contributed by atoms with E-state index in [-0.39, 0.29) is 6.61 Å². The Labute approximate surface area is 125 Å². The maximum atomic E-state index is 12.5. The van der Waals surface area contributed by atoms with Crippen LogP contribution in [0.2, 0.25) is 0 Å². The molecule has 0 atom stereocenters. The first kappa shape index (κ1) is 15.9. The molecule has 0 fully saturated rings. The number of hydrogen-bond acceptors (Lipinski definition) is 3. The Hall–Kier alpha value is -2.50. The quantitative estimate of drug-likeness (QED) is 0.837. The number of anilines is 2. The Morgan fingerprint density at radius 1 is 1.09 bits per heavy atom. The minimum absolute atomic E-state index is 0.273. The van der Waals surface area contributed by atoms with Crippen molar-refractivity contribution in [1.82, 2.24) is 0 Å². The molecule has 0 saturated heterocycles. The monoisotopic (exact) mass is 309 g/mol. The van der Waals surface area contributed by atoms with Crippen molar-refractivity contribution in [1.29, 1.82) is 0 Å². The molecule has 3 nitrogen and oxygen atoms in total. The third-order valence-electron chi connectivity index (χ3n) is 2.87. The van der Waals surface area contributed by atoms with Crippen molar-refractivity contribution in [3.8, 4) is 0 Å². The molecule has 2 aromatic rings. The van der Waals surface area contributed by atoms with Crippen molar-refractivity contribution in [2.75, 3.05) is 11.9 Å². The fraction of sp³-hybridized carbons (Fsp3) is 0.188. The Bertz CT molecular complexity index is 651. The molecule has 6 heteroatoms. The molecule has 2 rings (SSSR count). The van der Waals surface area contributed by atoms with E-state index in [4.69, 9.17) is 4.74 Å². The number of carbonyl (C=O) groups excluding carboxylic acids is 1. The molecule has 0 radical (unpaired) electrons. The second kappa shape index (κ2) is 6.51. The molecule has 0 bridgehead atoms. The van der Waals surface area contributed by atoms with Crippen LogP contribution in [0.3, 0.4) is 0 Å². The summed E-state index contributed by atoms with van der Waals surface area (Å²) in [5.41, 5.74) is 0.747. The number of carbonyl (C=O) groups is 1. The average molecular weight is 309 g/mol. The van der Waals surface area contributed by atoms with Crippen molar-refractivity contribution in [2.45, 2.75) is 13.1 Å². The Morgan fingerprint density at radius 3 is 2.36 bits per heavy atom. The van der Waals surface area contributed by atoms with E-state index in [2.05, 4.69) is 5.32 Å². The van der Waals surface area contributed by atoms with E-state index in [1.54, 1.807) is 31.2 Å². The molecule has 2 aromatic carbocycles. The summed E-state index contributed by atoms with van der Waals surface area (Å²) >= 11 is 0. The third kappa shape index (κ3) is 4.00. The van der Waals surface area contributed by atoms with Gasteiger partial charge in [0.1, 0.15) is 0 Å². The van der Waals surface area contributed by atoms with Gasteiger partial charge in [-0.3, -0.25) is 0 Å². The van der Waals surface area contributed by atoms with Crippen LogP contribution in [0.25, 0.3) is 0 Å². The molecule has 0 unspecified atom stereocenters. The SMILES string of the molecule is CCOC(=O)c1cccc(Nc2ccc(C(F)(F)F)cc2)c1. The predicted molar refractivity (Wildman–Crippen MR) is 77.1 cm³/mol. The molecular formula is C16H14F3NO2. The summed E-state index contributed by atoms with van der Waals surface area (Å²) in [5.74, 6) is -0.446. The third-order valence-corrected chi connectivity index (χ3v) is 2.87. The van der Waals surface area contributed by atoms with Crippen LogP contribution in [0.15, 0.2) is 48.5 Å². The zero-order valence-electron chi connectivity index (χ0n) is 11.8. The highest BCUT2D eigenvalue weighted by molar-refractivity contribution is 5.90. The Balaban J connectivity index is 2.14. The van der Waals surface area contributed by atoms with E-state index in [1.807, 2.05) is 0 Å². The summed E-state index contributed by atoms with van der Waals surface area (Å²) in [7, 11) is 0. The number of nitrogens with one attached hydrogen (secondary N) is 1. The number of hydrogen-bond donors (Lipinski definition) is 1. The number of ether oxygens (including phenoxy) is 1. The molecule has 0 amide bonds. The number of alkyl halides is 3. The molecule has 22 heavy (non-hydrogen) atoms. The first-order valence-corrected chi connectivity index (χ1v) is 6.61. The van der Waals surface area contributed by atoms with Crippen LogP contribution in [-0.4, -0.2) is 12.6 Å². The van der Waals surface area contributed by atoms with Gasteiger partial charge in [0.05, 0.1) is 17.7 Å². The molecule has 0 aromatic heterocycles. The summed E-state index contributed by atoms with van der Waals surface area (Å²) in [6.07, 6.45) is -4.36. The van der Waals surface area contributed by atoms with Gasteiger partial charge in [-0.15, -0.1) is 0 Å². The topological polar surface area (TPSA) is 38.3 Å². The summed E-state index contributed by atoms with van der Waals surface area (Å²) in [6.45, 7) is 1.98. The fourth-order valence-electron chi connectivity index (χ4n) is 1.85. The first-order valence-electron chi connectivity index (χ1n) is 6.61. The Morgan fingerprint density at radius 2 is 1.77 bits per heavy atom. The van der Waals surface area contributed by atoms with Crippen molar-refractivity contribution >= 4 is 17.3 Å². The van der Waals surface area contributed by atoms with Gasteiger partial charge in [-0.2, -0.15) is 13.2 Å². The van der Waals surface area contributed by atoms with Gasteiger partial charge in [0.25, 0.3) is 0 Å². The summed E-state index contributed by atoms with van der Waals surface area (Å²) in [5, 5.41) is 2.94. The molecule has 0 aliphatic carbocycles. The standard InChI is InChI=1S/C16H14F3NO2/c1-2-22-15(21)11-4-3-5-14(10-11)20-13-8-6-12(7-9-13)16(17,18)19/h3-10,20H,2H2,1H3. The maximum absolute atomic E-state index is 12.5. The zero-order chi connectivity index (χ0) is 16.2. The van der Waals surface area contributed by atoms with Crippen molar-refractivity contribution in [3.05, 3.63) is 59.7 Å². The van der Waals surface area contributed by atoms with Crippen molar-refractivity contribution < 1.29 is 22.7 Å². The van der Waals surface area contributed by atoms with E-state index >= 15 is 0 Å². The second-order valence-electron chi connectivity index (χ2n) is 4.50. The van der Waals surface area contributed by atoms with Crippen LogP contribution in [0, 0.1) is 0 Å². The van der Waals surface area contributed by atoms with Crippen LogP contribution >= 0.6 is 0 Å². The highest BCUT2D eigenvalue weighted by Crippen LogP contribution is 2.30. The lowest BCUT2D eigenvalue weighted by Crippen LogP contribution is -2.05. The number of halogens is 3. The van der Waals surface area contributed by atoms with Gasteiger partial charge in [0.2, 0.25) is 0 Å². The maximum Gasteiger partial charge on any atom is 0.416 e. The summed E-state index contributed by atoms with van der Waals surface area (Å²) in [6, 6.07) is 11.2. The smallest absolute Gasteiger partial charge is 0.416 e. The van der Waals surface area contributed by atoms with Crippen LogP contribution in [-0.2, 0) is 10.9 Å². The lowest BCUT2D eigenvalue weighted by Gasteiger charge is -2.10. The molecule has 0 aliphatic rings. The number of benzene rings is 2. The highest BCUT2D eigenvalue weighted by atomic mass is 19.4. The fourth-order valence-corrected chi connectivity index (χ4v) is 1.85. The van der Waals surface area contributed by atoms with Crippen molar-refractivity contribution in [2.24, 2.45) is 0 Å². The largest absolute Gasteiger partial charge is 0.462 e. The van der Waals surface area contributed by atoms with Gasteiger partial charge in [-0.05, 0) is 49.4 Å². The van der Waals surface area contributed by atoms with Gasteiger partial charge in [-0.25, -0.2) is 4.79 Å². The van der Waals surface area contributed by atoms with E-state index in [0.717, 1.165) is 12.1 Å². The number of esters is 1. The van der Waals surface area contributed by atoms with Gasteiger partial charge in [0, 0.05) is 11.4 Å². The lowest BCUT2D eigenvalue weighted by molar-refractivity contribution is -0.137. The van der Waals surface area contributed by atoms with Crippen LogP contribution < -0.4 is 5.32 Å². The normalized spacial score (nSPS) is 11.1. The minimum Gasteiger partial charge on any atom is -0.462 e. The molecule has 0 saturated carbocycles. The van der Waals surface area contributed by atoms with E-state index in [0.29, 0.717) is 16.9 Å². The van der Waals surface area contributed by atoms with E-state index in [9.17, 15) is 18.0 Å². The van der Waals surface area contributed by atoms with Gasteiger partial charge in [0.15, 0.2) is 0 Å². The van der Waals surface area contributed by atoms with Gasteiger partial charge < -0.3 is 10.1 Å². The lowest BCUT2D eigenvalue weighted by atomic mass is 10.1. The molecule has 0 heterocycles. The van der Waals surface area contributed by atoms with Crippen LogP contribution in [0.4, 0.5) is 24.5 Å². The van der Waals surface area contributed by atoms with Crippen LogP contribution in [0.1, 0.15) is 22.8 Å². The molecule has 1 N–H and O–H groups in total. The van der Waals surface area contributed by atoms with E-state index < -0.39 is 17.7 Å². The van der Waals surface area contributed by atoms with Crippen LogP contribution in [0.5, 0.6) is 0 Å². The zero-order valence-corrected chi connectivity index (χ0v) is 11.8. The Kier molecular flexibility index (Phi) is 4.70. The molecule has 116 valence electrons. The predicted octanol–water partition coefficient (Wildman–Crippen LogP) is 4.63. The highest BCUT2D eigenvalue weighted by Gasteiger charge is 2.29. The van der Waals surface area contributed by atoms with E-state index in [1.165, 1.54) is 12.1 Å². The van der Waals surface area contributed by atoms with Gasteiger partial charge >= 0.3 is 12.1 Å². The average Bonchev–Trinajstić information content (AvgIpc) is 2.47. The summed E-state index contributed by atoms with van der Waals surface area (Å²) < 4.78 is 42.4. The minimum atomic E-state index is -4.36. The van der Waals surface area contributed by atoms with Gasteiger partial charge in [-0.1, -0.05) is 6.07 Å². The molecule has 0 spiro atoms. The summed E-state index contributed by atoms with van der Waals surface area (Å²) in [4.78, 5) is 11.6. The number of rotatable bonds is 4. The molecular weight excluding hydrogens is 295 g/mol. The first-order chi connectivity index (χ1) is 10.4.